The van der Waals surface area contributed by atoms with Crippen molar-refractivity contribution in [3.63, 3.8) is 0 Å². The largest absolute Gasteiger partial charge is 0.340 e. The van der Waals surface area contributed by atoms with Gasteiger partial charge >= 0.3 is 0 Å². The Labute approximate surface area is 181 Å². The number of nitrogens with zero attached hydrogens (tertiary/aromatic N) is 1. The van der Waals surface area contributed by atoms with Crippen LogP contribution >= 0.6 is 0 Å². The molecule has 0 spiro atoms. The van der Waals surface area contributed by atoms with Crippen molar-refractivity contribution in [3.05, 3.63) is 115 Å². The van der Waals surface area contributed by atoms with E-state index in [1.165, 1.54) is 5.56 Å². The minimum atomic E-state index is 0.753. The minimum absolute atomic E-state index is 0.753. The van der Waals surface area contributed by atoms with Crippen LogP contribution in [0.5, 0.6) is 0 Å². The Bertz CT molecular complexity index is 1180. The van der Waals surface area contributed by atoms with Crippen LogP contribution in [0.15, 0.2) is 115 Å². The molecule has 0 fully saturated rings. The number of nitrogens with one attached hydrogen (secondary N) is 3. The molecule has 0 aliphatic heterocycles. The standard InChI is InChI=1S/C27H22N4/c1-3-11-20(12-4-1)22-15-7-9-17-24(22)28-26-19-27(31-30-26)29-25-18-10-8-16-23(25)21-13-5-2-6-14-21/h1-19H,(H3,28,29,30,31). The Balaban J connectivity index is 1.39. The number of aromatic amines is 1. The molecule has 0 saturated heterocycles. The normalized spacial score (nSPS) is 10.6. The summed E-state index contributed by atoms with van der Waals surface area (Å²) in [6.45, 7) is 0. The summed E-state index contributed by atoms with van der Waals surface area (Å²) in [5, 5.41) is 14.4. The zero-order valence-electron chi connectivity index (χ0n) is 16.9. The lowest BCUT2D eigenvalue weighted by Crippen LogP contribution is -1.93. The van der Waals surface area contributed by atoms with Crippen molar-refractivity contribution in [1.29, 1.82) is 0 Å². The first-order valence-electron chi connectivity index (χ1n) is 10.3. The molecule has 31 heavy (non-hydrogen) atoms. The van der Waals surface area contributed by atoms with E-state index >= 15 is 0 Å². The van der Waals surface area contributed by atoms with Gasteiger partial charge in [0, 0.05) is 28.6 Å². The lowest BCUT2D eigenvalue weighted by Gasteiger charge is -2.11. The predicted octanol–water partition coefficient (Wildman–Crippen LogP) is 7.23. The van der Waals surface area contributed by atoms with Crippen molar-refractivity contribution >= 4 is 23.0 Å². The second kappa shape index (κ2) is 8.59. The van der Waals surface area contributed by atoms with Gasteiger partial charge in [0.05, 0.1) is 0 Å². The van der Waals surface area contributed by atoms with E-state index in [4.69, 9.17) is 0 Å². The van der Waals surface area contributed by atoms with E-state index < -0.39 is 0 Å². The lowest BCUT2D eigenvalue weighted by molar-refractivity contribution is 1.10. The van der Waals surface area contributed by atoms with Crippen molar-refractivity contribution in [2.45, 2.75) is 0 Å². The number of rotatable bonds is 6. The van der Waals surface area contributed by atoms with E-state index in [1.807, 2.05) is 54.6 Å². The van der Waals surface area contributed by atoms with Crippen molar-refractivity contribution < 1.29 is 0 Å². The van der Waals surface area contributed by atoms with Gasteiger partial charge in [-0.2, -0.15) is 5.10 Å². The highest BCUT2D eigenvalue weighted by atomic mass is 15.2. The van der Waals surface area contributed by atoms with E-state index in [0.717, 1.165) is 39.7 Å². The number of H-pyrrole nitrogens is 1. The van der Waals surface area contributed by atoms with E-state index in [9.17, 15) is 0 Å². The summed E-state index contributed by atoms with van der Waals surface area (Å²) in [4.78, 5) is 0. The molecule has 0 amide bonds. The Hall–Kier alpha value is -4.31. The molecule has 0 atom stereocenters. The quantitative estimate of drug-likeness (QED) is 0.281. The van der Waals surface area contributed by atoms with Gasteiger partial charge < -0.3 is 10.6 Å². The van der Waals surface area contributed by atoms with Gasteiger partial charge in [-0.15, -0.1) is 0 Å². The van der Waals surface area contributed by atoms with Crippen molar-refractivity contribution in [1.82, 2.24) is 10.2 Å². The van der Waals surface area contributed by atoms with Crippen LogP contribution in [0.2, 0.25) is 0 Å². The van der Waals surface area contributed by atoms with E-state index in [2.05, 4.69) is 81.5 Å². The Morgan fingerprint density at radius 2 is 1.00 bits per heavy atom. The SMILES string of the molecule is c1ccc(-c2ccccc2Nc2cc(Nc3ccccc3-c3ccccc3)[nH]n2)cc1. The molecule has 0 bridgehead atoms. The fourth-order valence-electron chi connectivity index (χ4n) is 3.66. The molecular weight excluding hydrogens is 380 g/mol. The Morgan fingerprint density at radius 1 is 0.516 bits per heavy atom. The maximum Gasteiger partial charge on any atom is 0.154 e. The number of hydrogen-bond acceptors (Lipinski definition) is 3. The summed E-state index contributed by atoms with van der Waals surface area (Å²) >= 11 is 0. The maximum absolute atomic E-state index is 4.45. The van der Waals surface area contributed by atoms with Crippen LogP contribution in [0.25, 0.3) is 22.3 Å². The lowest BCUT2D eigenvalue weighted by atomic mass is 10.0. The highest BCUT2D eigenvalue weighted by Crippen LogP contribution is 2.32. The highest BCUT2D eigenvalue weighted by molar-refractivity contribution is 5.82. The first-order valence-corrected chi connectivity index (χ1v) is 10.3. The first kappa shape index (κ1) is 18.7. The van der Waals surface area contributed by atoms with E-state index in [-0.39, 0.29) is 0 Å². The Kier molecular flexibility index (Phi) is 5.18. The monoisotopic (exact) mass is 402 g/mol. The molecule has 1 aromatic heterocycles. The minimum Gasteiger partial charge on any atom is -0.340 e. The molecule has 4 heteroatoms. The van der Waals surface area contributed by atoms with Crippen molar-refractivity contribution in [3.8, 4) is 22.3 Å². The molecule has 1 heterocycles. The van der Waals surface area contributed by atoms with Crippen LogP contribution in [0.4, 0.5) is 23.0 Å². The van der Waals surface area contributed by atoms with Gasteiger partial charge in [0.25, 0.3) is 0 Å². The molecule has 4 nitrogen and oxygen atoms in total. The molecule has 0 unspecified atom stereocenters. The summed E-state index contributed by atoms with van der Waals surface area (Å²) in [6, 6.07) is 39.2. The third-order valence-electron chi connectivity index (χ3n) is 5.13. The molecule has 0 saturated carbocycles. The van der Waals surface area contributed by atoms with Gasteiger partial charge in [-0.25, -0.2) is 0 Å². The van der Waals surface area contributed by atoms with Gasteiger partial charge in [0.2, 0.25) is 0 Å². The molecule has 5 aromatic rings. The number of para-hydroxylation sites is 2. The highest BCUT2D eigenvalue weighted by Gasteiger charge is 2.09. The second-order valence-corrected chi connectivity index (χ2v) is 7.24. The van der Waals surface area contributed by atoms with Crippen LogP contribution < -0.4 is 10.6 Å². The van der Waals surface area contributed by atoms with Crippen LogP contribution in [0.1, 0.15) is 0 Å². The molecule has 0 radical (unpaired) electrons. The maximum atomic E-state index is 4.45. The summed E-state index contributed by atoms with van der Waals surface area (Å²) in [7, 11) is 0. The number of anilines is 4. The fourth-order valence-corrected chi connectivity index (χ4v) is 3.66. The smallest absolute Gasteiger partial charge is 0.154 e. The van der Waals surface area contributed by atoms with Gasteiger partial charge in [-0.3, -0.25) is 5.10 Å². The predicted molar refractivity (Wildman–Crippen MR) is 129 cm³/mol. The topological polar surface area (TPSA) is 52.7 Å². The summed E-state index contributed by atoms with van der Waals surface area (Å²) in [6.07, 6.45) is 0. The van der Waals surface area contributed by atoms with E-state index in [0.29, 0.717) is 0 Å². The van der Waals surface area contributed by atoms with Gasteiger partial charge in [0.15, 0.2) is 5.82 Å². The van der Waals surface area contributed by atoms with Gasteiger partial charge in [-0.05, 0) is 23.3 Å². The fraction of sp³-hybridized carbons (Fsp3) is 0. The molecular formula is C27H22N4. The Morgan fingerprint density at radius 3 is 1.58 bits per heavy atom. The third-order valence-corrected chi connectivity index (χ3v) is 5.13. The van der Waals surface area contributed by atoms with Crippen molar-refractivity contribution in [2.24, 2.45) is 0 Å². The van der Waals surface area contributed by atoms with E-state index in [1.54, 1.807) is 0 Å². The van der Waals surface area contributed by atoms with Crippen LogP contribution in [-0.2, 0) is 0 Å². The molecule has 5 rings (SSSR count). The second-order valence-electron chi connectivity index (χ2n) is 7.24. The number of benzene rings is 4. The number of aromatic nitrogens is 2. The molecule has 0 aliphatic rings. The average molecular weight is 403 g/mol. The van der Waals surface area contributed by atoms with Crippen molar-refractivity contribution in [2.75, 3.05) is 10.6 Å². The van der Waals surface area contributed by atoms with Gasteiger partial charge in [-0.1, -0.05) is 97.1 Å². The van der Waals surface area contributed by atoms with Crippen LogP contribution in [0.3, 0.4) is 0 Å². The summed E-state index contributed by atoms with van der Waals surface area (Å²) in [5.41, 5.74) is 6.64. The summed E-state index contributed by atoms with van der Waals surface area (Å²) < 4.78 is 0. The zero-order chi connectivity index (χ0) is 20.9. The van der Waals surface area contributed by atoms with Crippen LogP contribution in [-0.4, -0.2) is 10.2 Å². The first-order chi connectivity index (χ1) is 15.4. The molecule has 0 aliphatic carbocycles. The summed E-state index contributed by atoms with van der Waals surface area (Å²) in [5.74, 6) is 1.58. The molecule has 150 valence electrons. The zero-order valence-corrected chi connectivity index (χ0v) is 16.9. The number of hydrogen-bond donors (Lipinski definition) is 3. The molecule has 3 N–H and O–H groups in total. The van der Waals surface area contributed by atoms with Gasteiger partial charge in [0.1, 0.15) is 5.82 Å². The van der Waals surface area contributed by atoms with Crippen LogP contribution in [0, 0.1) is 0 Å². The molecule has 4 aromatic carbocycles. The third kappa shape index (κ3) is 4.19. The average Bonchev–Trinajstić information content (AvgIpc) is 3.27.